The van der Waals surface area contributed by atoms with Crippen LogP contribution in [0.5, 0.6) is 0 Å². The first-order valence-corrected chi connectivity index (χ1v) is 14.4. The zero-order valence-electron chi connectivity index (χ0n) is 24.8. The van der Waals surface area contributed by atoms with E-state index in [9.17, 15) is 33.9 Å². The summed E-state index contributed by atoms with van der Waals surface area (Å²) in [4.78, 5) is 79.2. The molecule has 1 fully saturated rings. The highest BCUT2D eigenvalue weighted by atomic mass is 16.6. The molecule has 1 heterocycles. The van der Waals surface area contributed by atoms with Gasteiger partial charge in [-0.05, 0) is 44.1 Å². The van der Waals surface area contributed by atoms with Crippen molar-refractivity contribution in [3.63, 3.8) is 0 Å². The zero-order chi connectivity index (χ0) is 31.9. The van der Waals surface area contributed by atoms with Crippen LogP contribution in [0.3, 0.4) is 0 Å². The Kier molecular flexibility index (Phi) is 14.6. The topological polar surface area (TPSA) is 203 Å². The molecule has 1 aromatic rings. The maximum atomic E-state index is 13.6. The third-order valence-corrected chi connectivity index (χ3v) is 7.09. The maximum absolute atomic E-state index is 13.6. The van der Waals surface area contributed by atoms with Crippen molar-refractivity contribution in [3.8, 4) is 0 Å². The average molecular weight is 606 g/mol. The Morgan fingerprint density at radius 3 is 2.40 bits per heavy atom. The number of likely N-dealkylation sites (tertiary alicyclic amines) is 1. The van der Waals surface area contributed by atoms with Crippen LogP contribution in [-0.4, -0.2) is 107 Å². The lowest BCUT2D eigenvalue weighted by molar-refractivity contribution is -0.150. The maximum Gasteiger partial charge on any atom is 0.417 e. The molecule has 3 atom stereocenters. The summed E-state index contributed by atoms with van der Waals surface area (Å²) >= 11 is 0. The number of carboxylic acids is 1. The second-order valence-electron chi connectivity index (χ2n) is 10.4. The van der Waals surface area contributed by atoms with E-state index in [2.05, 4.69) is 0 Å². The van der Waals surface area contributed by atoms with Crippen molar-refractivity contribution in [1.82, 2.24) is 14.7 Å². The molecule has 1 aliphatic heterocycles. The number of carbonyl (C=O) groups is 6. The highest BCUT2D eigenvalue weighted by Crippen LogP contribution is 2.19. The molecular formula is C29H43N5O9. The van der Waals surface area contributed by atoms with E-state index in [4.69, 9.17) is 20.9 Å². The van der Waals surface area contributed by atoms with Gasteiger partial charge in [0.05, 0.1) is 19.7 Å². The lowest BCUT2D eigenvalue weighted by Crippen LogP contribution is -2.56. The molecule has 0 bridgehead atoms. The first-order chi connectivity index (χ1) is 20.5. The third-order valence-electron chi connectivity index (χ3n) is 7.09. The van der Waals surface area contributed by atoms with Gasteiger partial charge in [0.2, 0.25) is 17.7 Å². The number of esters is 1. The van der Waals surface area contributed by atoms with Gasteiger partial charge in [-0.15, -0.1) is 0 Å². The number of nitrogens with zero attached hydrogens (tertiary/aromatic N) is 3. The monoisotopic (exact) mass is 605 g/mol. The van der Waals surface area contributed by atoms with Gasteiger partial charge in [-0.25, -0.2) is 14.5 Å². The van der Waals surface area contributed by atoms with Crippen molar-refractivity contribution >= 4 is 35.8 Å². The number of hydrogen-bond acceptors (Lipinski definition) is 10. The van der Waals surface area contributed by atoms with Crippen LogP contribution in [0.1, 0.15) is 57.4 Å². The number of aliphatic carboxylic acids is 1. The van der Waals surface area contributed by atoms with Gasteiger partial charge in [0.25, 0.3) is 0 Å². The second kappa shape index (κ2) is 17.8. The lowest BCUT2D eigenvalue weighted by atomic mass is 10.0. The number of benzene rings is 1. The highest BCUT2D eigenvalue weighted by molar-refractivity contribution is 5.99. The van der Waals surface area contributed by atoms with Crippen LogP contribution in [0.15, 0.2) is 30.3 Å². The van der Waals surface area contributed by atoms with Crippen molar-refractivity contribution in [1.29, 1.82) is 0 Å². The summed E-state index contributed by atoms with van der Waals surface area (Å²) in [6.45, 7) is 1.12. The fourth-order valence-electron chi connectivity index (χ4n) is 4.67. The Morgan fingerprint density at radius 2 is 1.77 bits per heavy atom. The lowest BCUT2D eigenvalue weighted by Gasteiger charge is -2.32. The van der Waals surface area contributed by atoms with Gasteiger partial charge in [-0.1, -0.05) is 43.7 Å². The summed E-state index contributed by atoms with van der Waals surface area (Å²) in [5.41, 5.74) is 12.4. The van der Waals surface area contributed by atoms with Gasteiger partial charge in [0.15, 0.2) is 0 Å². The van der Waals surface area contributed by atoms with Gasteiger partial charge in [-0.3, -0.25) is 19.2 Å². The number of likely N-dealkylation sites (N-methyl/N-ethyl adjacent to an activating group) is 1. The van der Waals surface area contributed by atoms with E-state index in [1.807, 2.05) is 25.1 Å². The summed E-state index contributed by atoms with van der Waals surface area (Å²) in [7, 11) is 1.32. The van der Waals surface area contributed by atoms with Crippen LogP contribution < -0.4 is 11.5 Å². The summed E-state index contributed by atoms with van der Waals surface area (Å²) in [5, 5.41) is 9.42. The number of hydrogen-bond donors (Lipinski definition) is 3. The number of imide groups is 1. The molecule has 0 aliphatic carbocycles. The molecule has 1 saturated heterocycles. The van der Waals surface area contributed by atoms with Crippen LogP contribution in [0, 0.1) is 0 Å². The van der Waals surface area contributed by atoms with E-state index in [-0.39, 0.29) is 39.0 Å². The van der Waals surface area contributed by atoms with E-state index in [0.29, 0.717) is 24.2 Å². The molecule has 43 heavy (non-hydrogen) atoms. The number of unbranched alkanes of at least 4 members (excludes halogenated alkanes) is 1. The summed E-state index contributed by atoms with van der Waals surface area (Å²) in [6, 6.07) is 5.61. The Morgan fingerprint density at radius 1 is 1.07 bits per heavy atom. The summed E-state index contributed by atoms with van der Waals surface area (Å²) in [5.74, 6) is -3.98. The third kappa shape index (κ3) is 10.6. The molecule has 14 heteroatoms. The zero-order valence-corrected chi connectivity index (χ0v) is 24.8. The van der Waals surface area contributed by atoms with E-state index < -0.39 is 67.0 Å². The minimum Gasteiger partial charge on any atom is -0.480 e. The van der Waals surface area contributed by atoms with Crippen molar-refractivity contribution in [3.05, 3.63) is 35.9 Å². The SMILES string of the molecule is CCCCOC(=O)N(C(=O)CN)[C@@H](CCCC(N)C(=O)OCc1ccccc1)C(=O)N(C)CC(=O)N1CCC[C@H]1C(=O)O. The predicted molar refractivity (Wildman–Crippen MR) is 154 cm³/mol. The molecule has 0 radical (unpaired) electrons. The molecule has 0 aromatic heterocycles. The molecule has 4 amide bonds. The Bertz CT molecular complexity index is 1120. The Labute approximate surface area is 251 Å². The van der Waals surface area contributed by atoms with Crippen LogP contribution in [0.25, 0.3) is 0 Å². The molecule has 1 unspecified atom stereocenters. The molecule has 238 valence electrons. The number of rotatable bonds is 16. The normalized spacial score (nSPS) is 15.7. The van der Waals surface area contributed by atoms with E-state index in [1.54, 1.807) is 12.1 Å². The molecule has 5 N–H and O–H groups in total. The minimum absolute atomic E-state index is 0.0165. The number of carbonyl (C=O) groups excluding carboxylic acids is 5. The number of nitrogens with two attached hydrogens (primary N) is 2. The average Bonchev–Trinajstić information content (AvgIpc) is 3.50. The van der Waals surface area contributed by atoms with Gasteiger partial charge in [-0.2, -0.15) is 0 Å². The van der Waals surface area contributed by atoms with Crippen LogP contribution in [-0.2, 0) is 40.1 Å². The smallest absolute Gasteiger partial charge is 0.417 e. The first kappa shape index (κ1) is 35.2. The van der Waals surface area contributed by atoms with Gasteiger partial charge in [0, 0.05) is 13.6 Å². The van der Waals surface area contributed by atoms with Gasteiger partial charge < -0.3 is 35.8 Å². The Hall–Kier alpha value is -4.04. The summed E-state index contributed by atoms with van der Waals surface area (Å²) in [6.07, 6.45) is 1.11. The molecule has 1 aromatic carbocycles. The largest absolute Gasteiger partial charge is 0.480 e. The van der Waals surface area contributed by atoms with E-state index in [1.165, 1.54) is 11.9 Å². The Balaban J connectivity index is 2.15. The van der Waals surface area contributed by atoms with Gasteiger partial charge >= 0.3 is 18.0 Å². The van der Waals surface area contributed by atoms with Crippen LogP contribution in [0.2, 0.25) is 0 Å². The van der Waals surface area contributed by atoms with Crippen LogP contribution >= 0.6 is 0 Å². The quantitative estimate of drug-likeness (QED) is 0.178. The van der Waals surface area contributed by atoms with Gasteiger partial charge in [0.1, 0.15) is 24.7 Å². The minimum atomic E-state index is -1.41. The van der Waals surface area contributed by atoms with E-state index in [0.717, 1.165) is 16.9 Å². The molecule has 2 rings (SSSR count). The number of ether oxygens (including phenoxy) is 2. The first-order valence-electron chi connectivity index (χ1n) is 14.4. The van der Waals surface area contributed by atoms with E-state index >= 15 is 0 Å². The highest BCUT2D eigenvalue weighted by Gasteiger charge is 2.39. The standard InChI is InChI=1S/C29H43N5O9/c1-3-4-16-42-29(41)34(24(35)17-30)22(13-8-12-21(31)28(40)43-19-20-10-6-5-7-11-20)26(37)32(2)18-25(36)33-15-9-14-23(33)27(38)39/h5-7,10-11,21-23H,3-4,8-9,12-19,30-31H2,1-2H3,(H,38,39)/t21?,22-,23-/m0/s1. The van der Waals surface area contributed by atoms with Crippen molar-refractivity contribution in [2.75, 3.05) is 33.3 Å². The second-order valence-corrected chi connectivity index (χ2v) is 10.4. The fraction of sp³-hybridized carbons (Fsp3) is 0.586. The number of carboxylic acid groups (broad SMARTS) is 1. The van der Waals surface area contributed by atoms with Crippen molar-refractivity contribution in [2.24, 2.45) is 11.5 Å². The molecule has 0 saturated carbocycles. The number of amides is 4. The van der Waals surface area contributed by atoms with Crippen molar-refractivity contribution < 1.29 is 43.3 Å². The molecular weight excluding hydrogens is 562 g/mol. The molecule has 1 aliphatic rings. The fourth-order valence-corrected chi connectivity index (χ4v) is 4.67. The molecule has 0 spiro atoms. The summed E-state index contributed by atoms with van der Waals surface area (Å²) < 4.78 is 10.5. The van der Waals surface area contributed by atoms with Crippen LogP contribution in [0.4, 0.5) is 4.79 Å². The van der Waals surface area contributed by atoms with Crippen molar-refractivity contribution in [2.45, 2.75) is 76.6 Å². The molecule has 14 nitrogen and oxygen atoms in total. The predicted octanol–water partition coefficient (Wildman–Crippen LogP) is 0.854.